The maximum absolute atomic E-state index is 12.5. The molecule has 0 saturated heterocycles. The van der Waals surface area contributed by atoms with Gasteiger partial charge in [-0.3, -0.25) is 4.79 Å². The molecule has 0 saturated carbocycles. The lowest BCUT2D eigenvalue weighted by molar-refractivity contribution is -0.140. The molecule has 0 bridgehead atoms. The average molecular weight is 356 g/mol. The summed E-state index contributed by atoms with van der Waals surface area (Å²) >= 11 is 5.85. The van der Waals surface area contributed by atoms with E-state index in [4.69, 9.17) is 11.6 Å². The minimum absolute atomic E-state index is 0.169. The first-order valence-corrected chi connectivity index (χ1v) is 8.48. The maximum atomic E-state index is 12.5. The van der Waals surface area contributed by atoms with E-state index in [1.807, 2.05) is 0 Å². The summed E-state index contributed by atoms with van der Waals surface area (Å²) in [6.45, 7) is 7.60. The Labute approximate surface area is 148 Å². The molecule has 0 aliphatic rings. The SMILES string of the molecule is CCN(CC)CCN(CCC(=O)OC)C(=O)Nc1ccc(Cl)cc1. The van der Waals surface area contributed by atoms with Gasteiger partial charge in [-0.15, -0.1) is 0 Å². The zero-order valence-corrected chi connectivity index (χ0v) is 15.3. The third kappa shape index (κ3) is 7.19. The van der Waals surface area contributed by atoms with Crippen LogP contribution in [0.25, 0.3) is 0 Å². The van der Waals surface area contributed by atoms with Crippen LogP contribution in [0.5, 0.6) is 0 Å². The van der Waals surface area contributed by atoms with E-state index in [1.54, 1.807) is 29.2 Å². The summed E-state index contributed by atoms with van der Waals surface area (Å²) in [6.07, 6.45) is 0.169. The van der Waals surface area contributed by atoms with E-state index in [-0.39, 0.29) is 18.4 Å². The van der Waals surface area contributed by atoms with Gasteiger partial charge in [-0.2, -0.15) is 0 Å². The Morgan fingerprint density at radius 2 is 1.71 bits per heavy atom. The molecule has 0 aliphatic heterocycles. The Balaban J connectivity index is 2.68. The van der Waals surface area contributed by atoms with Gasteiger partial charge in [0.25, 0.3) is 0 Å². The van der Waals surface area contributed by atoms with Gasteiger partial charge in [0.15, 0.2) is 0 Å². The van der Waals surface area contributed by atoms with Crippen LogP contribution in [-0.2, 0) is 9.53 Å². The summed E-state index contributed by atoms with van der Waals surface area (Å²) in [6, 6.07) is 6.66. The van der Waals surface area contributed by atoms with Crippen LogP contribution in [0.3, 0.4) is 0 Å². The number of hydrogen-bond donors (Lipinski definition) is 1. The van der Waals surface area contributed by atoms with Crippen molar-refractivity contribution in [1.82, 2.24) is 9.80 Å². The molecule has 1 rings (SSSR count). The smallest absolute Gasteiger partial charge is 0.321 e. The molecular formula is C17H26ClN3O3. The fourth-order valence-electron chi connectivity index (χ4n) is 2.18. The number of methoxy groups -OCH3 is 1. The summed E-state index contributed by atoms with van der Waals surface area (Å²) in [5.74, 6) is -0.331. The Bertz CT molecular complexity index is 518. The predicted octanol–water partition coefficient (Wildman–Crippen LogP) is 3.08. The molecule has 24 heavy (non-hydrogen) atoms. The number of carbonyl (C=O) groups excluding carboxylic acids is 2. The largest absolute Gasteiger partial charge is 0.469 e. The molecule has 0 spiro atoms. The van der Waals surface area contributed by atoms with Gasteiger partial charge in [-0.05, 0) is 37.4 Å². The van der Waals surface area contributed by atoms with Crippen LogP contribution in [0.2, 0.25) is 5.02 Å². The fraction of sp³-hybridized carbons (Fsp3) is 0.529. The number of halogens is 1. The lowest BCUT2D eigenvalue weighted by atomic mass is 10.3. The fourth-order valence-corrected chi connectivity index (χ4v) is 2.31. The van der Waals surface area contributed by atoms with Crippen molar-refractivity contribution in [2.45, 2.75) is 20.3 Å². The predicted molar refractivity (Wildman–Crippen MR) is 96.5 cm³/mol. The van der Waals surface area contributed by atoms with Gasteiger partial charge in [-0.1, -0.05) is 25.4 Å². The molecule has 7 heteroatoms. The number of rotatable bonds is 9. The highest BCUT2D eigenvalue weighted by Crippen LogP contribution is 2.14. The molecule has 1 aromatic carbocycles. The second kappa shape index (κ2) is 10.9. The number of anilines is 1. The zero-order valence-electron chi connectivity index (χ0n) is 14.5. The van der Waals surface area contributed by atoms with Gasteiger partial charge in [0, 0.05) is 30.3 Å². The van der Waals surface area contributed by atoms with Crippen molar-refractivity contribution in [3.63, 3.8) is 0 Å². The zero-order chi connectivity index (χ0) is 17.9. The van der Waals surface area contributed by atoms with Crippen LogP contribution in [-0.4, -0.2) is 61.6 Å². The van der Waals surface area contributed by atoms with Crippen molar-refractivity contribution in [3.05, 3.63) is 29.3 Å². The van der Waals surface area contributed by atoms with Crippen LogP contribution < -0.4 is 5.32 Å². The number of urea groups is 1. The van der Waals surface area contributed by atoms with E-state index >= 15 is 0 Å². The van der Waals surface area contributed by atoms with Gasteiger partial charge < -0.3 is 19.9 Å². The second-order valence-electron chi connectivity index (χ2n) is 5.28. The summed E-state index contributed by atoms with van der Waals surface area (Å²) < 4.78 is 4.66. The number of nitrogens with zero attached hydrogens (tertiary/aromatic N) is 2. The standard InChI is InChI=1S/C17H26ClN3O3/c1-4-20(5-2)12-13-21(11-10-16(22)24-3)17(23)19-15-8-6-14(18)7-9-15/h6-9H,4-5,10-13H2,1-3H3,(H,19,23). The molecule has 0 aromatic heterocycles. The number of amides is 2. The summed E-state index contributed by atoms with van der Waals surface area (Å²) in [5.41, 5.74) is 0.662. The molecular weight excluding hydrogens is 330 g/mol. The number of carbonyl (C=O) groups is 2. The third-order valence-corrected chi connectivity index (χ3v) is 4.03. The minimum Gasteiger partial charge on any atom is -0.469 e. The molecule has 0 atom stereocenters. The first-order valence-electron chi connectivity index (χ1n) is 8.10. The van der Waals surface area contributed by atoms with E-state index in [0.29, 0.717) is 23.8 Å². The van der Waals surface area contributed by atoms with E-state index in [9.17, 15) is 9.59 Å². The summed E-state index contributed by atoms with van der Waals surface area (Å²) in [4.78, 5) is 27.7. The van der Waals surface area contributed by atoms with Crippen LogP contribution in [0.1, 0.15) is 20.3 Å². The molecule has 0 heterocycles. The minimum atomic E-state index is -0.331. The molecule has 1 aromatic rings. The van der Waals surface area contributed by atoms with Crippen molar-refractivity contribution >= 4 is 29.3 Å². The highest BCUT2D eigenvalue weighted by molar-refractivity contribution is 6.30. The van der Waals surface area contributed by atoms with E-state index < -0.39 is 0 Å². The average Bonchev–Trinajstić information content (AvgIpc) is 2.59. The molecule has 6 nitrogen and oxygen atoms in total. The van der Waals surface area contributed by atoms with Crippen molar-refractivity contribution in [2.75, 3.05) is 45.2 Å². The Hall–Kier alpha value is -1.79. The number of hydrogen-bond acceptors (Lipinski definition) is 4. The number of ether oxygens (including phenoxy) is 1. The number of nitrogens with one attached hydrogen (secondary N) is 1. The molecule has 2 amide bonds. The Morgan fingerprint density at radius 1 is 1.08 bits per heavy atom. The summed E-state index contributed by atoms with van der Waals surface area (Å²) in [5, 5.41) is 3.44. The van der Waals surface area contributed by atoms with Crippen LogP contribution in [0.4, 0.5) is 10.5 Å². The van der Waals surface area contributed by atoms with Crippen LogP contribution >= 0.6 is 11.6 Å². The van der Waals surface area contributed by atoms with Gasteiger partial charge >= 0.3 is 12.0 Å². The van der Waals surface area contributed by atoms with Crippen molar-refractivity contribution in [2.24, 2.45) is 0 Å². The quantitative estimate of drug-likeness (QED) is 0.691. The van der Waals surface area contributed by atoms with E-state index in [2.05, 4.69) is 28.8 Å². The highest BCUT2D eigenvalue weighted by Gasteiger charge is 2.16. The number of benzene rings is 1. The Morgan fingerprint density at radius 3 is 2.25 bits per heavy atom. The third-order valence-electron chi connectivity index (χ3n) is 3.78. The molecule has 0 fully saturated rings. The molecule has 1 N–H and O–H groups in total. The van der Waals surface area contributed by atoms with Gasteiger partial charge in [-0.25, -0.2) is 4.79 Å². The van der Waals surface area contributed by atoms with Crippen LogP contribution in [0, 0.1) is 0 Å². The van der Waals surface area contributed by atoms with Crippen molar-refractivity contribution in [1.29, 1.82) is 0 Å². The highest BCUT2D eigenvalue weighted by atomic mass is 35.5. The Kier molecular flexibility index (Phi) is 9.19. The number of likely N-dealkylation sites (N-methyl/N-ethyl adjacent to an activating group) is 1. The first-order chi connectivity index (χ1) is 11.5. The van der Waals surface area contributed by atoms with Crippen molar-refractivity contribution < 1.29 is 14.3 Å². The molecule has 134 valence electrons. The van der Waals surface area contributed by atoms with Gasteiger partial charge in [0.2, 0.25) is 0 Å². The van der Waals surface area contributed by atoms with Crippen LogP contribution in [0.15, 0.2) is 24.3 Å². The molecule has 0 radical (unpaired) electrons. The number of esters is 1. The molecule has 0 aliphatic carbocycles. The monoisotopic (exact) mass is 355 g/mol. The van der Waals surface area contributed by atoms with E-state index in [0.717, 1.165) is 19.6 Å². The normalized spacial score (nSPS) is 10.5. The lowest BCUT2D eigenvalue weighted by Gasteiger charge is -2.26. The van der Waals surface area contributed by atoms with Gasteiger partial charge in [0.05, 0.1) is 13.5 Å². The van der Waals surface area contributed by atoms with E-state index in [1.165, 1.54) is 7.11 Å². The second-order valence-corrected chi connectivity index (χ2v) is 5.71. The summed E-state index contributed by atoms with van der Waals surface area (Å²) in [7, 11) is 1.34. The lowest BCUT2D eigenvalue weighted by Crippen LogP contribution is -2.42. The van der Waals surface area contributed by atoms with Crippen molar-refractivity contribution in [3.8, 4) is 0 Å². The topological polar surface area (TPSA) is 61.9 Å². The first kappa shape index (κ1) is 20.3. The van der Waals surface area contributed by atoms with Gasteiger partial charge in [0.1, 0.15) is 0 Å². The molecule has 0 unspecified atom stereocenters. The maximum Gasteiger partial charge on any atom is 0.321 e.